The van der Waals surface area contributed by atoms with Crippen LogP contribution in [0.1, 0.15) is 54.4 Å². The fraction of sp³-hybridized carbons (Fsp3) is 1.00. The quantitative estimate of drug-likeness (QED) is 0.587. The van der Waals surface area contributed by atoms with Crippen LogP contribution in [0, 0.1) is 17.3 Å². The highest BCUT2D eigenvalue weighted by Gasteiger charge is 2.68. The second-order valence-corrected chi connectivity index (χ2v) is 9.34. The van der Waals surface area contributed by atoms with Crippen LogP contribution in [0.3, 0.4) is 0 Å². The molecular formula is C16H28BClO3. The topological polar surface area (TPSA) is 27.7 Å². The van der Waals surface area contributed by atoms with Crippen LogP contribution in [-0.4, -0.2) is 36.3 Å². The lowest BCUT2D eigenvalue weighted by Crippen LogP contribution is -2.65. The van der Waals surface area contributed by atoms with E-state index >= 15 is 0 Å². The maximum absolute atomic E-state index is 6.48. The summed E-state index contributed by atoms with van der Waals surface area (Å²) in [7, 11) is -0.348. The Morgan fingerprint density at radius 2 is 1.95 bits per heavy atom. The van der Waals surface area contributed by atoms with Crippen LogP contribution in [0.2, 0.25) is 0 Å². The van der Waals surface area contributed by atoms with Gasteiger partial charge in [0.05, 0.1) is 29.2 Å². The van der Waals surface area contributed by atoms with E-state index in [1.807, 2.05) is 20.8 Å². The Labute approximate surface area is 134 Å². The summed E-state index contributed by atoms with van der Waals surface area (Å²) in [6.45, 7) is 13.5. The first-order valence-electron chi connectivity index (χ1n) is 8.15. The van der Waals surface area contributed by atoms with E-state index < -0.39 is 0 Å². The standard InChI is InChI=1S/C16H28BClO3/c1-14(2,3)19-9-13(18)17-20-12-8-10-7-11(15(10,4)5)16(12,6)21-17/h10-13H,7-9H2,1-6H3/t10-,11-,12+,13+,16-/m0/s1. The summed E-state index contributed by atoms with van der Waals surface area (Å²) in [4.78, 5) is 0. The molecule has 3 saturated carbocycles. The fourth-order valence-electron chi connectivity index (χ4n) is 4.46. The summed E-state index contributed by atoms with van der Waals surface area (Å²) < 4.78 is 18.3. The zero-order valence-corrected chi connectivity index (χ0v) is 14.9. The van der Waals surface area contributed by atoms with Gasteiger partial charge in [0.15, 0.2) is 0 Å². The summed E-state index contributed by atoms with van der Waals surface area (Å²) in [6.07, 6.45) is 2.55. The van der Waals surface area contributed by atoms with Crippen molar-refractivity contribution in [3.05, 3.63) is 0 Å². The SMILES string of the molecule is CC(C)(C)OC[C@@H](Cl)B1O[C@@H]2C[C@@H]3C[C@@H](C3(C)C)[C@]2(C)O1. The molecule has 120 valence electrons. The number of alkyl halides is 1. The molecule has 4 aliphatic rings. The summed E-state index contributed by atoms with van der Waals surface area (Å²) in [5.41, 5.74) is -0.00298. The van der Waals surface area contributed by atoms with Gasteiger partial charge in [-0.05, 0) is 57.8 Å². The van der Waals surface area contributed by atoms with E-state index in [4.69, 9.17) is 25.6 Å². The summed E-state index contributed by atoms with van der Waals surface area (Å²) in [5, 5.41) is -0.257. The third kappa shape index (κ3) is 2.56. The van der Waals surface area contributed by atoms with Gasteiger partial charge in [0.25, 0.3) is 0 Å². The van der Waals surface area contributed by atoms with Crippen LogP contribution in [0.5, 0.6) is 0 Å². The molecule has 3 aliphatic carbocycles. The van der Waals surface area contributed by atoms with Crippen LogP contribution in [0.15, 0.2) is 0 Å². The van der Waals surface area contributed by atoms with Gasteiger partial charge in [-0.3, -0.25) is 0 Å². The monoisotopic (exact) mass is 314 g/mol. The third-order valence-electron chi connectivity index (χ3n) is 5.94. The van der Waals surface area contributed by atoms with Crippen molar-refractivity contribution in [2.45, 2.75) is 77.0 Å². The molecule has 0 aromatic rings. The van der Waals surface area contributed by atoms with Gasteiger partial charge in [0.2, 0.25) is 0 Å². The van der Waals surface area contributed by atoms with Gasteiger partial charge in [-0.1, -0.05) is 13.8 Å². The molecule has 1 saturated heterocycles. The Balaban J connectivity index is 1.65. The van der Waals surface area contributed by atoms with Crippen molar-refractivity contribution in [2.24, 2.45) is 17.3 Å². The molecule has 1 heterocycles. The van der Waals surface area contributed by atoms with Crippen LogP contribution in [-0.2, 0) is 14.0 Å². The van der Waals surface area contributed by atoms with E-state index in [2.05, 4.69) is 20.8 Å². The van der Waals surface area contributed by atoms with E-state index in [-0.39, 0.29) is 29.7 Å². The number of hydrogen-bond donors (Lipinski definition) is 0. The maximum Gasteiger partial charge on any atom is 0.479 e. The Morgan fingerprint density at radius 1 is 1.29 bits per heavy atom. The first-order valence-corrected chi connectivity index (χ1v) is 8.59. The molecule has 5 heteroatoms. The molecule has 0 aromatic carbocycles. The Bertz CT molecular complexity index is 422. The molecule has 4 rings (SSSR count). The number of halogens is 1. The molecule has 0 N–H and O–H groups in total. The zero-order chi connectivity index (χ0) is 15.6. The average Bonchev–Trinajstić information content (AvgIpc) is 2.71. The number of ether oxygens (including phenoxy) is 1. The van der Waals surface area contributed by atoms with Gasteiger partial charge in [-0.15, -0.1) is 11.6 Å². The Kier molecular flexibility index (Phi) is 3.73. The highest BCUT2D eigenvalue weighted by Crippen LogP contribution is 2.65. The van der Waals surface area contributed by atoms with Gasteiger partial charge < -0.3 is 14.0 Å². The van der Waals surface area contributed by atoms with Crippen LogP contribution in [0.4, 0.5) is 0 Å². The molecule has 0 spiro atoms. The van der Waals surface area contributed by atoms with Crippen molar-refractivity contribution in [2.75, 3.05) is 6.61 Å². The molecule has 0 aromatic heterocycles. The first kappa shape index (κ1) is 16.1. The highest BCUT2D eigenvalue weighted by atomic mass is 35.5. The highest BCUT2D eigenvalue weighted by molar-refractivity contribution is 6.60. The van der Waals surface area contributed by atoms with E-state index in [1.165, 1.54) is 6.42 Å². The predicted molar refractivity (Wildman–Crippen MR) is 85.5 cm³/mol. The molecule has 0 amide bonds. The predicted octanol–water partition coefficient (Wildman–Crippen LogP) is 3.68. The van der Waals surface area contributed by atoms with Gasteiger partial charge in [0.1, 0.15) is 0 Å². The molecule has 1 aliphatic heterocycles. The molecule has 5 atom stereocenters. The Hall–Kier alpha value is 0.235. The normalized spacial score (nSPS) is 42.4. The van der Waals surface area contributed by atoms with E-state index in [9.17, 15) is 0 Å². The van der Waals surface area contributed by atoms with E-state index in [0.717, 1.165) is 12.3 Å². The largest absolute Gasteiger partial charge is 0.479 e. The van der Waals surface area contributed by atoms with Gasteiger partial charge in [0, 0.05) is 0 Å². The molecular weight excluding hydrogens is 286 g/mol. The minimum atomic E-state index is -0.348. The first-order chi connectivity index (χ1) is 9.54. The zero-order valence-electron chi connectivity index (χ0n) is 14.1. The van der Waals surface area contributed by atoms with Gasteiger partial charge >= 0.3 is 7.12 Å². The lowest BCUT2D eigenvalue weighted by Gasteiger charge is -2.64. The number of hydrogen-bond acceptors (Lipinski definition) is 3. The minimum Gasteiger partial charge on any atom is -0.404 e. The van der Waals surface area contributed by atoms with Crippen molar-refractivity contribution in [1.82, 2.24) is 0 Å². The minimum absolute atomic E-state index is 0.183. The van der Waals surface area contributed by atoms with Crippen LogP contribution in [0.25, 0.3) is 0 Å². The average molecular weight is 315 g/mol. The molecule has 0 unspecified atom stereocenters. The van der Waals surface area contributed by atoms with Crippen LogP contribution >= 0.6 is 11.6 Å². The summed E-state index contributed by atoms with van der Waals surface area (Å²) >= 11 is 6.48. The molecule has 3 nitrogen and oxygen atoms in total. The summed E-state index contributed by atoms with van der Waals surface area (Å²) in [5.74, 6) is 1.34. The summed E-state index contributed by atoms with van der Waals surface area (Å²) in [6, 6.07) is 0. The lowest BCUT2D eigenvalue weighted by molar-refractivity contribution is -0.199. The van der Waals surface area contributed by atoms with Gasteiger partial charge in [-0.2, -0.15) is 0 Å². The van der Waals surface area contributed by atoms with Crippen molar-refractivity contribution < 1.29 is 14.0 Å². The number of rotatable bonds is 3. The molecule has 21 heavy (non-hydrogen) atoms. The van der Waals surface area contributed by atoms with Crippen molar-refractivity contribution in [1.29, 1.82) is 0 Å². The lowest BCUT2D eigenvalue weighted by atomic mass is 9.43. The fourth-order valence-corrected chi connectivity index (χ4v) is 4.64. The second-order valence-electron chi connectivity index (χ2n) is 8.78. The maximum atomic E-state index is 6.48. The van der Waals surface area contributed by atoms with E-state index in [1.54, 1.807) is 0 Å². The third-order valence-corrected chi connectivity index (χ3v) is 6.27. The van der Waals surface area contributed by atoms with Crippen LogP contribution < -0.4 is 0 Å². The molecule has 4 fully saturated rings. The van der Waals surface area contributed by atoms with Crippen molar-refractivity contribution >= 4 is 18.7 Å². The second kappa shape index (κ2) is 4.86. The Morgan fingerprint density at radius 3 is 2.52 bits per heavy atom. The smallest absolute Gasteiger partial charge is 0.404 e. The van der Waals surface area contributed by atoms with Crippen molar-refractivity contribution in [3.63, 3.8) is 0 Å². The molecule has 2 bridgehead atoms. The van der Waals surface area contributed by atoms with E-state index in [0.29, 0.717) is 17.9 Å². The van der Waals surface area contributed by atoms with Crippen molar-refractivity contribution in [3.8, 4) is 0 Å². The molecule has 0 radical (unpaired) electrons. The van der Waals surface area contributed by atoms with Gasteiger partial charge in [-0.25, -0.2) is 0 Å².